The molecule has 0 saturated carbocycles. The molecular weight excluding hydrogens is 418 g/mol. The van der Waals surface area contributed by atoms with Gasteiger partial charge < -0.3 is 15.7 Å². The van der Waals surface area contributed by atoms with Crippen molar-refractivity contribution in [3.05, 3.63) is 82.0 Å². The maximum absolute atomic E-state index is 14.8. The number of nitrogen functional groups attached to an aromatic ring is 1. The third-order valence-corrected chi connectivity index (χ3v) is 5.06. The largest absolute Gasteiger partial charge is 0.588 e. The Morgan fingerprint density at radius 1 is 1.21 bits per heavy atom. The quantitative estimate of drug-likeness (QED) is 0.329. The first kappa shape index (κ1) is 20.6. The second-order valence-electron chi connectivity index (χ2n) is 5.70. The molecule has 0 amide bonds. The molecule has 1 atom stereocenters. The zero-order valence-electron chi connectivity index (χ0n) is 14.7. The number of anilines is 2. The first-order chi connectivity index (χ1) is 13.9. The minimum absolute atomic E-state index is 0.151. The number of nitrogens with zero attached hydrogens (tertiary/aromatic N) is 1. The Kier molecular flexibility index (Phi) is 6.34. The van der Waals surface area contributed by atoms with Crippen molar-refractivity contribution in [2.75, 3.05) is 10.5 Å². The van der Waals surface area contributed by atoms with Gasteiger partial charge in [0.15, 0.2) is 10.7 Å². The van der Waals surface area contributed by atoms with Crippen LogP contribution in [0.25, 0.3) is 0 Å². The molecular formula is C20H13ClF2N4OS. The zero-order chi connectivity index (χ0) is 21.0. The molecule has 5 nitrogen and oxygen atoms in total. The number of aromatic nitrogens is 1. The van der Waals surface area contributed by atoms with E-state index in [0.29, 0.717) is 21.0 Å². The summed E-state index contributed by atoms with van der Waals surface area (Å²) >= 11 is 4.06. The fourth-order valence-electron chi connectivity index (χ4n) is 2.30. The van der Waals surface area contributed by atoms with E-state index >= 15 is 0 Å². The summed E-state index contributed by atoms with van der Waals surface area (Å²) in [6, 6.07) is 9.90. The van der Waals surface area contributed by atoms with Gasteiger partial charge >= 0.3 is 0 Å². The van der Waals surface area contributed by atoms with Crippen molar-refractivity contribution in [3.8, 4) is 11.8 Å². The molecule has 3 rings (SSSR count). The van der Waals surface area contributed by atoms with E-state index in [-0.39, 0.29) is 11.5 Å². The Labute approximate surface area is 173 Å². The SMILES string of the molecule is N=Cc1cc(C#Cc2c(F)ccc(N[S+]([O-])c3cccc(Cl)c3)c2F)cnc1N. The molecule has 0 radical (unpaired) electrons. The van der Waals surface area contributed by atoms with Crippen LogP contribution in [0.1, 0.15) is 16.7 Å². The van der Waals surface area contributed by atoms with Crippen LogP contribution in [0, 0.1) is 28.9 Å². The molecule has 146 valence electrons. The summed E-state index contributed by atoms with van der Waals surface area (Å²) in [6.45, 7) is 0. The minimum Gasteiger partial charge on any atom is -0.588 e. The summed E-state index contributed by atoms with van der Waals surface area (Å²) in [7, 11) is 0. The Hall–Kier alpha value is -3.12. The van der Waals surface area contributed by atoms with Crippen LogP contribution in [-0.4, -0.2) is 15.8 Å². The zero-order valence-corrected chi connectivity index (χ0v) is 16.2. The summed E-state index contributed by atoms with van der Waals surface area (Å²) in [5, 5.41) is 7.64. The van der Waals surface area contributed by atoms with Crippen LogP contribution < -0.4 is 10.5 Å². The Morgan fingerprint density at radius 3 is 2.72 bits per heavy atom. The van der Waals surface area contributed by atoms with Gasteiger partial charge in [-0.2, -0.15) is 0 Å². The van der Waals surface area contributed by atoms with Crippen LogP contribution in [0.4, 0.5) is 20.3 Å². The summed E-state index contributed by atoms with van der Waals surface area (Å²) in [4.78, 5) is 4.21. The van der Waals surface area contributed by atoms with Crippen molar-refractivity contribution in [2.45, 2.75) is 4.90 Å². The predicted molar refractivity (Wildman–Crippen MR) is 110 cm³/mol. The van der Waals surface area contributed by atoms with E-state index in [0.717, 1.165) is 18.3 Å². The number of nitrogens with two attached hydrogens (primary N) is 1. The summed E-state index contributed by atoms with van der Waals surface area (Å²) in [5.41, 5.74) is 5.60. The minimum atomic E-state index is -1.81. The van der Waals surface area contributed by atoms with Gasteiger partial charge in [-0.15, -0.1) is 0 Å². The van der Waals surface area contributed by atoms with Gasteiger partial charge in [0.25, 0.3) is 0 Å². The average Bonchev–Trinajstić information content (AvgIpc) is 2.71. The molecule has 0 aliphatic rings. The molecule has 3 aromatic rings. The van der Waals surface area contributed by atoms with Gasteiger partial charge in [0.1, 0.15) is 28.7 Å². The molecule has 0 bridgehead atoms. The Bertz CT molecular complexity index is 1150. The standard InChI is InChI=1S/C20H13ClF2N4OS/c21-14-2-1-3-15(9-14)29(28)27-18-7-6-17(22)16(19(18)23)5-4-12-8-13(10-24)20(25)26-11-12/h1-3,6-11,24,27H,(H2,25,26). The molecule has 2 aromatic carbocycles. The molecule has 0 spiro atoms. The lowest BCUT2D eigenvalue weighted by Gasteiger charge is -2.13. The first-order valence-electron chi connectivity index (χ1n) is 8.09. The molecule has 29 heavy (non-hydrogen) atoms. The number of hydrogen-bond acceptors (Lipinski definition) is 5. The van der Waals surface area contributed by atoms with Gasteiger partial charge in [-0.1, -0.05) is 29.5 Å². The summed E-state index contributed by atoms with van der Waals surface area (Å²) < 4.78 is 43.8. The van der Waals surface area contributed by atoms with Gasteiger partial charge in [-0.05, 0) is 30.3 Å². The van der Waals surface area contributed by atoms with Crippen LogP contribution in [-0.2, 0) is 11.4 Å². The molecule has 9 heteroatoms. The number of hydrogen-bond donors (Lipinski definition) is 3. The highest BCUT2D eigenvalue weighted by Crippen LogP contribution is 2.24. The monoisotopic (exact) mass is 430 g/mol. The van der Waals surface area contributed by atoms with Crippen molar-refractivity contribution < 1.29 is 13.3 Å². The Balaban J connectivity index is 1.91. The number of pyridine rings is 1. The average molecular weight is 431 g/mol. The summed E-state index contributed by atoms with van der Waals surface area (Å²) in [6.07, 6.45) is 2.34. The van der Waals surface area contributed by atoms with Crippen molar-refractivity contribution in [1.29, 1.82) is 5.41 Å². The topological polar surface area (TPSA) is 97.8 Å². The molecule has 0 saturated heterocycles. The fourth-order valence-corrected chi connectivity index (χ4v) is 3.46. The predicted octanol–water partition coefficient (Wildman–Crippen LogP) is 4.13. The van der Waals surface area contributed by atoms with E-state index in [9.17, 15) is 13.3 Å². The van der Waals surface area contributed by atoms with E-state index in [2.05, 4.69) is 21.5 Å². The van der Waals surface area contributed by atoms with Crippen molar-refractivity contribution in [3.63, 3.8) is 0 Å². The van der Waals surface area contributed by atoms with Crippen LogP contribution in [0.2, 0.25) is 5.02 Å². The van der Waals surface area contributed by atoms with E-state index in [1.54, 1.807) is 18.2 Å². The van der Waals surface area contributed by atoms with Gasteiger partial charge in [0.2, 0.25) is 0 Å². The maximum Gasteiger partial charge on any atom is 0.181 e. The van der Waals surface area contributed by atoms with Gasteiger partial charge in [0, 0.05) is 34.6 Å². The second kappa shape index (κ2) is 8.92. The molecule has 1 aromatic heterocycles. The van der Waals surface area contributed by atoms with Crippen molar-refractivity contribution >= 4 is 40.7 Å². The van der Waals surface area contributed by atoms with Crippen molar-refractivity contribution in [1.82, 2.24) is 4.98 Å². The molecule has 1 unspecified atom stereocenters. The van der Waals surface area contributed by atoms with E-state index in [1.165, 1.54) is 18.3 Å². The van der Waals surface area contributed by atoms with Gasteiger partial charge in [-0.25, -0.2) is 18.5 Å². The number of halogens is 3. The fraction of sp³-hybridized carbons (Fsp3) is 0. The number of benzene rings is 2. The number of nitrogens with one attached hydrogen (secondary N) is 2. The van der Waals surface area contributed by atoms with Crippen molar-refractivity contribution in [2.24, 2.45) is 0 Å². The van der Waals surface area contributed by atoms with Gasteiger partial charge in [-0.3, -0.25) is 0 Å². The van der Waals surface area contributed by atoms with E-state index in [4.69, 9.17) is 22.7 Å². The second-order valence-corrected chi connectivity index (χ2v) is 7.35. The van der Waals surface area contributed by atoms with E-state index < -0.39 is 28.6 Å². The lowest BCUT2D eigenvalue weighted by atomic mass is 10.1. The molecule has 0 aliphatic heterocycles. The molecule has 1 heterocycles. The third-order valence-electron chi connectivity index (χ3n) is 3.74. The third kappa shape index (κ3) is 4.84. The Morgan fingerprint density at radius 2 is 2.00 bits per heavy atom. The first-order valence-corrected chi connectivity index (χ1v) is 9.62. The lowest BCUT2D eigenvalue weighted by Crippen LogP contribution is -2.14. The van der Waals surface area contributed by atoms with Crippen LogP contribution in [0.5, 0.6) is 0 Å². The maximum atomic E-state index is 14.8. The highest BCUT2D eigenvalue weighted by molar-refractivity contribution is 7.92. The molecule has 0 aliphatic carbocycles. The number of rotatable bonds is 4. The van der Waals surface area contributed by atoms with Gasteiger partial charge in [0.05, 0.1) is 5.56 Å². The summed E-state index contributed by atoms with van der Waals surface area (Å²) in [5.74, 6) is 3.30. The van der Waals surface area contributed by atoms with Crippen LogP contribution >= 0.6 is 11.6 Å². The lowest BCUT2D eigenvalue weighted by molar-refractivity contribution is 0.578. The smallest absolute Gasteiger partial charge is 0.181 e. The van der Waals surface area contributed by atoms with Crippen LogP contribution in [0.15, 0.2) is 53.6 Å². The normalized spacial score (nSPS) is 11.3. The van der Waals surface area contributed by atoms with Crippen LogP contribution in [0.3, 0.4) is 0 Å². The molecule has 0 fully saturated rings. The molecule has 4 N–H and O–H groups in total. The highest BCUT2D eigenvalue weighted by Gasteiger charge is 2.18. The van der Waals surface area contributed by atoms with E-state index in [1.807, 2.05) is 0 Å². The highest BCUT2D eigenvalue weighted by atomic mass is 35.5.